The van der Waals surface area contributed by atoms with E-state index < -0.39 is 0 Å². The zero-order valence-electron chi connectivity index (χ0n) is 10.00. The highest BCUT2D eigenvalue weighted by molar-refractivity contribution is 5.73. The van der Waals surface area contributed by atoms with Gasteiger partial charge < -0.3 is 14.9 Å². The first-order valence-electron chi connectivity index (χ1n) is 5.53. The maximum atomic E-state index is 9.62. The molecule has 2 aromatic carbocycles. The number of ether oxygens (including phenoxy) is 1. The summed E-state index contributed by atoms with van der Waals surface area (Å²) >= 11 is 0. The average Bonchev–Trinajstić information content (AvgIpc) is 2.38. The van der Waals surface area contributed by atoms with Gasteiger partial charge in [-0.2, -0.15) is 0 Å². The average molecular weight is 242 g/mol. The zero-order chi connectivity index (χ0) is 13.0. The molecule has 2 N–H and O–H groups in total. The lowest BCUT2D eigenvalue weighted by atomic mass is 10.1. The Bertz CT molecular complexity index is 556. The monoisotopic (exact) mass is 242 g/mol. The van der Waals surface area contributed by atoms with Gasteiger partial charge in [0.1, 0.15) is 17.2 Å². The van der Waals surface area contributed by atoms with Crippen LogP contribution in [0.4, 0.5) is 0 Å². The Balaban J connectivity index is 2.19. The summed E-state index contributed by atoms with van der Waals surface area (Å²) in [6.07, 6.45) is 3.67. The van der Waals surface area contributed by atoms with E-state index in [1.807, 2.05) is 30.3 Å². The van der Waals surface area contributed by atoms with Crippen molar-refractivity contribution in [1.82, 2.24) is 0 Å². The minimum atomic E-state index is 0.0501. The first-order chi connectivity index (χ1) is 8.69. The Morgan fingerprint density at radius 1 is 0.944 bits per heavy atom. The first kappa shape index (κ1) is 12.0. The number of hydrogen-bond donors (Lipinski definition) is 2. The van der Waals surface area contributed by atoms with Crippen molar-refractivity contribution < 1.29 is 14.9 Å². The van der Waals surface area contributed by atoms with Gasteiger partial charge in [-0.05, 0) is 29.8 Å². The van der Waals surface area contributed by atoms with Crippen LogP contribution < -0.4 is 4.74 Å². The molecule has 0 spiro atoms. The topological polar surface area (TPSA) is 49.7 Å². The summed E-state index contributed by atoms with van der Waals surface area (Å²) < 4.78 is 5.07. The molecule has 3 nitrogen and oxygen atoms in total. The summed E-state index contributed by atoms with van der Waals surface area (Å²) in [5.74, 6) is 0.911. The van der Waals surface area contributed by atoms with Gasteiger partial charge >= 0.3 is 0 Å². The molecule has 0 saturated heterocycles. The van der Waals surface area contributed by atoms with Gasteiger partial charge in [-0.15, -0.1) is 0 Å². The number of aromatic hydroxyl groups is 2. The Morgan fingerprint density at radius 2 is 1.67 bits per heavy atom. The molecule has 0 amide bonds. The number of phenols is 2. The predicted octanol–water partition coefficient (Wildman–Crippen LogP) is 3.28. The van der Waals surface area contributed by atoms with Crippen LogP contribution in [0, 0.1) is 0 Å². The normalized spacial score (nSPS) is 10.7. The van der Waals surface area contributed by atoms with Gasteiger partial charge in [0.05, 0.1) is 7.11 Å². The Morgan fingerprint density at radius 3 is 2.28 bits per heavy atom. The van der Waals surface area contributed by atoms with Crippen LogP contribution >= 0.6 is 0 Å². The molecule has 0 bridgehead atoms. The van der Waals surface area contributed by atoms with E-state index in [4.69, 9.17) is 4.74 Å². The second-order valence-corrected chi connectivity index (χ2v) is 3.85. The smallest absolute Gasteiger partial charge is 0.126 e. The number of phenolic OH excluding ortho intramolecular Hbond substituents is 2. The lowest BCUT2D eigenvalue weighted by Gasteiger charge is -2.01. The van der Waals surface area contributed by atoms with Crippen LogP contribution in [0.1, 0.15) is 11.1 Å². The van der Waals surface area contributed by atoms with E-state index in [0.29, 0.717) is 5.56 Å². The molecule has 2 aromatic rings. The molecule has 3 heteroatoms. The summed E-state index contributed by atoms with van der Waals surface area (Å²) in [6.45, 7) is 0. The first-order valence-corrected chi connectivity index (χ1v) is 5.53. The molecule has 0 fully saturated rings. The summed E-state index contributed by atoms with van der Waals surface area (Å²) in [5.41, 5.74) is 1.66. The SMILES string of the molecule is COc1ccc(C=Cc2ccc(O)cc2O)cc1. The fourth-order valence-corrected chi connectivity index (χ4v) is 1.57. The van der Waals surface area contributed by atoms with Gasteiger partial charge in [0, 0.05) is 11.6 Å². The van der Waals surface area contributed by atoms with Crippen LogP contribution in [-0.2, 0) is 0 Å². The second kappa shape index (κ2) is 5.27. The highest BCUT2D eigenvalue weighted by Crippen LogP contribution is 2.24. The van der Waals surface area contributed by atoms with Crippen molar-refractivity contribution in [2.45, 2.75) is 0 Å². The van der Waals surface area contributed by atoms with E-state index in [1.54, 1.807) is 19.3 Å². The molecule has 0 atom stereocenters. The molecule has 18 heavy (non-hydrogen) atoms. The molecule has 0 aliphatic rings. The maximum absolute atomic E-state index is 9.62. The largest absolute Gasteiger partial charge is 0.508 e. The predicted molar refractivity (Wildman–Crippen MR) is 71.7 cm³/mol. The van der Waals surface area contributed by atoms with Crippen LogP contribution in [0.2, 0.25) is 0 Å². The van der Waals surface area contributed by atoms with E-state index in [9.17, 15) is 10.2 Å². The third-order valence-electron chi connectivity index (χ3n) is 2.59. The molecule has 0 heterocycles. The van der Waals surface area contributed by atoms with Crippen LogP contribution in [0.15, 0.2) is 42.5 Å². The van der Waals surface area contributed by atoms with E-state index in [-0.39, 0.29) is 11.5 Å². The van der Waals surface area contributed by atoms with E-state index >= 15 is 0 Å². The summed E-state index contributed by atoms with van der Waals surface area (Å²) in [7, 11) is 1.62. The van der Waals surface area contributed by atoms with Crippen LogP contribution in [0.3, 0.4) is 0 Å². The molecular weight excluding hydrogens is 228 g/mol. The molecular formula is C15H14O3. The molecule has 2 rings (SSSR count). The fourth-order valence-electron chi connectivity index (χ4n) is 1.57. The van der Waals surface area contributed by atoms with Gasteiger partial charge in [-0.25, -0.2) is 0 Å². The van der Waals surface area contributed by atoms with Crippen molar-refractivity contribution in [2.75, 3.05) is 7.11 Å². The third kappa shape index (κ3) is 2.83. The van der Waals surface area contributed by atoms with Crippen molar-refractivity contribution in [2.24, 2.45) is 0 Å². The van der Waals surface area contributed by atoms with Gasteiger partial charge in [0.25, 0.3) is 0 Å². The summed E-state index contributed by atoms with van der Waals surface area (Å²) in [6, 6.07) is 12.1. The van der Waals surface area contributed by atoms with Crippen molar-refractivity contribution in [3.05, 3.63) is 53.6 Å². The summed E-state index contributed by atoms with van der Waals surface area (Å²) in [5, 5.41) is 18.8. The molecule has 92 valence electrons. The van der Waals surface area contributed by atoms with E-state index in [1.165, 1.54) is 12.1 Å². The van der Waals surface area contributed by atoms with Crippen molar-refractivity contribution in [3.8, 4) is 17.2 Å². The Kier molecular flexibility index (Phi) is 3.53. The quantitative estimate of drug-likeness (QED) is 0.812. The fraction of sp³-hybridized carbons (Fsp3) is 0.0667. The highest BCUT2D eigenvalue weighted by atomic mass is 16.5. The van der Waals surface area contributed by atoms with Crippen LogP contribution in [-0.4, -0.2) is 17.3 Å². The number of rotatable bonds is 3. The van der Waals surface area contributed by atoms with E-state index in [0.717, 1.165) is 11.3 Å². The van der Waals surface area contributed by atoms with Gasteiger partial charge in [0.2, 0.25) is 0 Å². The third-order valence-corrected chi connectivity index (χ3v) is 2.59. The molecule has 0 aliphatic carbocycles. The lowest BCUT2D eigenvalue weighted by Crippen LogP contribution is -1.81. The molecule has 0 radical (unpaired) electrons. The van der Waals surface area contributed by atoms with Crippen molar-refractivity contribution >= 4 is 12.2 Å². The Labute approximate surface area is 106 Å². The van der Waals surface area contributed by atoms with Gasteiger partial charge in [-0.1, -0.05) is 24.3 Å². The minimum absolute atomic E-state index is 0.0501. The minimum Gasteiger partial charge on any atom is -0.508 e. The number of hydrogen-bond acceptors (Lipinski definition) is 3. The van der Waals surface area contributed by atoms with Gasteiger partial charge in [-0.3, -0.25) is 0 Å². The zero-order valence-corrected chi connectivity index (χ0v) is 10.00. The number of methoxy groups -OCH3 is 1. The Hall–Kier alpha value is -2.42. The van der Waals surface area contributed by atoms with Crippen molar-refractivity contribution in [3.63, 3.8) is 0 Å². The maximum Gasteiger partial charge on any atom is 0.126 e. The molecule has 0 aromatic heterocycles. The van der Waals surface area contributed by atoms with Crippen molar-refractivity contribution in [1.29, 1.82) is 0 Å². The summed E-state index contributed by atoms with van der Waals surface area (Å²) in [4.78, 5) is 0. The number of benzene rings is 2. The van der Waals surface area contributed by atoms with Crippen LogP contribution in [0.25, 0.3) is 12.2 Å². The molecule has 0 saturated carbocycles. The van der Waals surface area contributed by atoms with Crippen LogP contribution in [0.5, 0.6) is 17.2 Å². The van der Waals surface area contributed by atoms with E-state index in [2.05, 4.69) is 0 Å². The lowest BCUT2D eigenvalue weighted by molar-refractivity contribution is 0.415. The molecule has 0 aliphatic heterocycles. The molecule has 0 unspecified atom stereocenters. The highest BCUT2D eigenvalue weighted by Gasteiger charge is 1.98. The second-order valence-electron chi connectivity index (χ2n) is 3.85. The van der Waals surface area contributed by atoms with Gasteiger partial charge in [0.15, 0.2) is 0 Å². The standard InChI is InChI=1S/C15H14O3/c1-18-14-8-3-11(4-9-14)2-5-12-6-7-13(16)10-15(12)17/h2-10,16-17H,1H3.